The van der Waals surface area contributed by atoms with Crippen molar-refractivity contribution in [3.05, 3.63) is 23.8 Å². The molecule has 2 amide bonds. The van der Waals surface area contributed by atoms with Gasteiger partial charge in [-0.1, -0.05) is 13.0 Å². The van der Waals surface area contributed by atoms with E-state index in [4.69, 9.17) is 0 Å². The van der Waals surface area contributed by atoms with E-state index in [-0.39, 0.29) is 11.8 Å². The zero-order chi connectivity index (χ0) is 15.9. The SMILES string of the molecule is CCCC(=O)Nc1cccc(NC(=O)CNCC2CC2)c1C. The van der Waals surface area contributed by atoms with E-state index in [1.165, 1.54) is 12.8 Å². The lowest BCUT2D eigenvalue weighted by atomic mass is 10.1. The van der Waals surface area contributed by atoms with Gasteiger partial charge in [0.05, 0.1) is 6.54 Å². The van der Waals surface area contributed by atoms with Gasteiger partial charge >= 0.3 is 0 Å². The maximum absolute atomic E-state index is 11.9. The van der Waals surface area contributed by atoms with Gasteiger partial charge in [-0.3, -0.25) is 9.59 Å². The molecule has 1 aromatic rings. The normalized spacial score (nSPS) is 13.7. The molecule has 0 aliphatic heterocycles. The predicted molar refractivity (Wildman–Crippen MR) is 88.9 cm³/mol. The quantitative estimate of drug-likeness (QED) is 0.691. The van der Waals surface area contributed by atoms with Crippen molar-refractivity contribution in [3.63, 3.8) is 0 Å². The molecule has 0 unspecified atom stereocenters. The average molecular weight is 303 g/mol. The molecular formula is C17H25N3O2. The predicted octanol–water partition coefficient (Wildman–Crippen LogP) is 2.67. The number of hydrogen-bond donors (Lipinski definition) is 3. The fourth-order valence-electron chi connectivity index (χ4n) is 2.25. The van der Waals surface area contributed by atoms with Gasteiger partial charge < -0.3 is 16.0 Å². The molecule has 0 spiro atoms. The summed E-state index contributed by atoms with van der Waals surface area (Å²) in [5.74, 6) is 0.701. The molecule has 1 saturated carbocycles. The van der Waals surface area contributed by atoms with Gasteiger partial charge in [0.1, 0.15) is 0 Å². The summed E-state index contributed by atoms with van der Waals surface area (Å²) in [4.78, 5) is 23.6. The van der Waals surface area contributed by atoms with Crippen LogP contribution in [0.2, 0.25) is 0 Å². The smallest absolute Gasteiger partial charge is 0.238 e. The molecule has 1 aromatic carbocycles. The van der Waals surface area contributed by atoms with Crippen molar-refractivity contribution in [2.45, 2.75) is 39.5 Å². The van der Waals surface area contributed by atoms with Gasteiger partial charge in [0.2, 0.25) is 11.8 Å². The van der Waals surface area contributed by atoms with Crippen LogP contribution in [-0.2, 0) is 9.59 Å². The summed E-state index contributed by atoms with van der Waals surface area (Å²) in [5.41, 5.74) is 2.37. The molecule has 3 N–H and O–H groups in total. The average Bonchev–Trinajstić information content (AvgIpc) is 3.28. The second kappa shape index (κ2) is 7.94. The Hall–Kier alpha value is -1.88. The van der Waals surface area contributed by atoms with E-state index in [9.17, 15) is 9.59 Å². The van der Waals surface area contributed by atoms with Crippen LogP contribution in [0.15, 0.2) is 18.2 Å². The minimum absolute atomic E-state index is 0.000164. The highest BCUT2D eigenvalue weighted by Crippen LogP contribution is 2.27. The first-order valence-electron chi connectivity index (χ1n) is 8.00. The van der Waals surface area contributed by atoms with Gasteiger partial charge in [-0.15, -0.1) is 0 Å². The van der Waals surface area contributed by atoms with Crippen LogP contribution in [0.5, 0.6) is 0 Å². The minimum Gasteiger partial charge on any atom is -0.326 e. The van der Waals surface area contributed by atoms with Crippen molar-refractivity contribution in [1.29, 1.82) is 0 Å². The first-order valence-corrected chi connectivity index (χ1v) is 8.00. The zero-order valence-electron chi connectivity index (χ0n) is 13.4. The number of nitrogens with one attached hydrogen (secondary N) is 3. The molecule has 0 atom stereocenters. The van der Waals surface area contributed by atoms with Crippen LogP contribution in [0.25, 0.3) is 0 Å². The summed E-state index contributed by atoms with van der Waals surface area (Å²) in [6.45, 7) is 5.11. The fourth-order valence-corrected chi connectivity index (χ4v) is 2.25. The van der Waals surface area contributed by atoms with E-state index in [1.54, 1.807) is 0 Å². The Morgan fingerprint density at radius 3 is 2.36 bits per heavy atom. The number of anilines is 2. The lowest BCUT2D eigenvalue weighted by molar-refractivity contribution is -0.116. The second-order valence-electron chi connectivity index (χ2n) is 5.90. The lowest BCUT2D eigenvalue weighted by Gasteiger charge is -2.13. The highest BCUT2D eigenvalue weighted by molar-refractivity contribution is 5.96. The molecule has 22 heavy (non-hydrogen) atoms. The van der Waals surface area contributed by atoms with Gasteiger partial charge in [-0.05, 0) is 56.3 Å². The van der Waals surface area contributed by atoms with Crippen molar-refractivity contribution in [2.75, 3.05) is 23.7 Å². The van der Waals surface area contributed by atoms with E-state index >= 15 is 0 Å². The van der Waals surface area contributed by atoms with Crippen LogP contribution in [0, 0.1) is 12.8 Å². The third-order valence-electron chi connectivity index (χ3n) is 3.77. The van der Waals surface area contributed by atoms with E-state index in [2.05, 4.69) is 16.0 Å². The summed E-state index contributed by atoms with van der Waals surface area (Å²) in [6, 6.07) is 5.54. The molecule has 120 valence electrons. The van der Waals surface area contributed by atoms with Crippen molar-refractivity contribution in [3.8, 4) is 0 Å². The van der Waals surface area contributed by atoms with Gasteiger partial charge in [0.15, 0.2) is 0 Å². The topological polar surface area (TPSA) is 70.2 Å². The first-order chi connectivity index (χ1) is 10.6. The van der Waals surface area contributed by atoms with Crippen molar-refractivity contribution in [2.24, 2.45) is 5.92 Å². The molecule has 5 heteroatoms. The van der Waals surface area contributed by atoms with Crippen LogP contribution in [0.4, 0.5) is 11.4 Å². The maximum Gasteiger partial charge on any atom is 0.238 e. The Morgan fingerprint density at radius 2 is 1.77 bits per heavy atom. The third-order valence-corrected chi connectivity index (χ3v) is 3.77. The molecule has 0 radical (unpaired) electrons. The number of benzene rings is 1. The molecule has 5 nitrogen and oxygen atoms in total. The molecule has 0 aromatic heterocycles. The molecular weight excluding hydrogens is 278 g/mol. The van der Waals surface area contributed by atoms with Gasteiger partial charge in [0.25, 0.3) is 0 Å². The number of hydrogen-bond acceptors (Lipinski definition) is 3. The van der Waals surface area contributed by atoms with Crippen LogP contribution in [-0.4, -0.2) is 24.9 Å². The Bertz CT molecular complexity index is 539. The number of rotatable bonds is 8. The zero-order valence-corrected chi connectivity index (χ0v) is 13.4. The van der Waals surface area contributed by atoms with Crippen molar-refractivity contribution < 1.29 is 9.59 Å². The van der Waals surface area contributed by atoms with Gasteiger partial charge in [-0.25, -0.2) is 0 Å². The Morgan fingerprint density at radius 1 is 1.14 bits per heavy atom. The van der Waals surface area contributed by atoms with Gasteiger partial charge in [0, 0.05) is 17.8 Å². The van der Waals surface area contributed by atoms with E-state index < -0.39 is 0 Å². The second-order valence-corrected chi connectivity index (χ2v) is 5.90. The number of carbonyl (C=O) groups is 2. The summed E-state index contributed by atoms with van der Waals surface area (Å²) in [5, 5.41) is 8.95. The number of amides is 2. The molecule has 1 aliphatic carbocycles. The molecule has 0 saturated heterocycles. The summed E-state index contributed by atoms with van der Waals surface area (Å²) < 4.78 is 0. The Labute approximate surface area is 131 Å². The standard InChI is InChI=1S/C17H25N3O2/c1-3-5-16(21)19-14-6-4-7-15(12(14)2)20-17(22)11-18-10-13-8-9-13/h4,6-7,13,18H,3,5,8-11H2,1-2H3,(H,19,21)(H,20,22). The molecule has 0 bridgehead atoms. The van der Waals surface area contributed by atoms with E-state index in [1.807, 2.05) is 32.0 Å². The van der Waals surface area contributed by atoms with Crippen molar-refractivity contribution >= 4 is 23.2 Å². The van der Waals surface area contributed by atoms with Crippen molar-refractivity contribution in [1.82, 2.24) is 5.32 Å². The molecule has 0 heterocycles. The largest absolute Gasteiger partial charge is 0.326 e. The fraction of sp³-hybridized carbons (Fsp3) is 0.529. The lowest BCUT2D eigenvalue weighted by Crippen LogP contribution is -2.29. The molecule has 2 rings (SSSR count). The third kappa shape index (κ3) is 5.15. The molecule has 1 fully saturated rings. The van der Waals surface area contributed by atoms with Crippen LogP contribution < -0.4 is 16.0 Å². The van der Waals surface area contributed by atoms with Crippen LogP contribution in [0.1, 0.15) is 38.2 Å². The Kier molecular flexibility index (Phi) is 5.95. The molecule has 1 aliphatic rings. The minimum atomic E-state index is -0.0548. The summed E-state index contributed by atoms with van der Waals surface area (Å²) >= 11 is 0. The highest BCUT2D eigenvalue weighted by atomic mass is 16.2. The van der Waals surface area contributed by atoms with Crippen LogP contribution >= 0.6 is 0 Å². The summed E-state index contributed by atoms with van der Waals surface area (Å²) in [6.07, 6.45) is 3.86. The number of carbonyl (C=O) groups excluding carboxylic acids is 2. The maximum atomic E-state index is 11.9. The van der Waals surface area contributed by atoms with E-state index in [0.717, 1.165) is 35.8 Å². The monoisotopic (exact) mass is 303 g/mol. The Balaban J connectivity index is 1.89. The van der Waals surface area contributed by atoms with E-state index in [0.29, 0.717) is 13.0 Å². The first kappa shape index (κ1) is 16.5. The summed E-state index contributed by atoms with van der Waals surface area (Å²) in [7, 11) is 0. The highest BCUT2D eigenvalue weighted by Gasteiger charge is 2.20. The van der Waals surface area contributed by atoms with Gasteiger partial charge in [-0.2, -0.15) is 0 Å². The van der Waals surface area contributed by atoms with Crippen LogP contribution in [0.3, 0.4) is 0 Å².